The summed E-state index contributed by atoms with van der Waals surface area (Å²) in [5.74, 6) is -0.721. The second-order valence-electron chi connectivity index (χ2n) is 3.07. The Labute approximate surface area is 76.9 Å². The molecule has 1 N–H and O–H groups in total. The Bertz CT molecular complexity index is 249. The van der Waals surface area contributed by atoms with Crippen molar-refractivity contribution in [2.45, 2.75) is 12.8 Å². The number of hydrogen-bond acceptors (Lipinski definition) is 3. The molecule has 1 aliphatic heterocycles. The topological polar surface area (TPSA) is 55.4 Å². The average molecular weight is 183 g/mol. The molecule has 4 nitrogen and oxygen atoms in total. The molecule has 0 aromatic carbocycles. The molecule has 1 saturated heterocycles. The lowest BCUT2D eigenvalue weighted by Gasteiger charge is -2.20. The summed E-state index contributed by atoms with van der Waals surface area (Å²) in [5, 5.41) is 2.62. The molecule has 0 unspecified atom stereocenters. The van der Waals surface area contributed by atoms with Gasteiger partial charge in [0.15, 0.2) is 5.41 Å². The number of carbonyl (C=O) groups excluding carboxylic acids is 2. The number of esters is 1. The van der Waals surface area contributed by atoms with Gasteiger partial charge in [-0.25, -0.2) is 0 Å². The van der Waals surface area contributed by atoms with Gasteiger partial charge in [0.2, 0.25) is 5.91 Å². The number of ether oxygens (including phenoxy) is 1. The van der Waals surface area contributed by atoms with Crippen LogP contribution in [0.2, 0.25) is 0 Å². The second kappa shape index (κ2) is 3.60. The van der Waals surface area contributed by atoms with E-state index in [2.05, 4.69) is 16.6 Å². The molecule has 1 atom stereocenters. The Morgan fingerprint density at radius 1 is 1.85 bits per heavy atom. The molecule has 1 aliphatic rings. The molecule has 0 radical (unpaired) electrons. The smallest absolute Gasteiger partial charge is 0.321 e. The lowest BCUT2D eigenvalue weighted by molar-refractivity contribution is -0.156. The molecule has 1 heterocycles. The van der Waals surface area contributed by atoms with E-state index < -0.39 is 11.4 Å². The van der Waals surface area contributed by atoms with Crippen LogP contribution in [0.5, 0.6) is 0 Å². The molecule has 0 aromatic rings. The minimum atomic E-state index is -1.02. The molecule has 1 amide bonds. The zero-order valence-electron chi connectivity index (χ0n) is 7.63. The number of rotatable bonds is 3. The zero-order valence-corrected chi connectivity index (χ0v) is 7.63. The van der Waals surface area contributed by atoms with Gasteiger partial charge in [-0.1, -0.05) is 6.08 Å². The molecule has 4 heteroatoms. The maximum absolute atomic E-state index is 11.4. The van der Waals surface area contributed by atoms with Gasteiger partial charge in [-0.05, 0) is 12.8 Å². The van der Waals surface area contributed by atoms with Gasteiger partial charge in [0.1, 0.15) is 0 Å². The third kappa shape index (κ3) is 1.43. The molecule has 0 aromatic heterocycles. The number of allylic oxidation sites excluding steroid dienone is 1. The van der Waals surface area contributed by atoms with Gasteiger partial charge in [-0.2, -0.15) is 0 Å². The van der Waals surface area contributed by atoms with Crippen molar-refractivity contribution in [1.82, 2.24) is 5.32 Å². The fourth-order valence-corrected chi connectivity index (χ4v) is 1.59. The van der Waals surface area contributed by atoms with Gasteiger partial charge >= 0.3 is 5.97 Å². The Kier molecular flexibility index (Phi) is 2.70. The predicted octanol–water partition coefficient (Wildman–Crippen LogP) is 0.242. The van der Waals surface area contributed by atoms with E-state index in [1.54, 1.807) is 6.08 Å². The van der Waals surface area contributed by atoms with Crippen molar-refractivity contribution in [3.05, 3.63) is 12.7 Å². The van der Waals surface area contributed by atoms with Crippen LogP contribution >= 0.6 is 0 Å². The van der Waals surface area contributed by atoms with Gasteiger partial charge in [-0.15, -0.1) is 6.58 Å². The van der Waals surface area contributed by atoms with E-state index >= 15 is 0 Å². The number of amides is 1. The van der Waals surface area contributed by atoms with Crippen LogP contribution in [0.15, 0.2) is 12.7 Å². The van der Waals surface area contributed by atoms with Crippen molar-refractivity contribution in [3.63, 3.8) is 0 Å². The monoisotopic (exact) mass is 183 g/mol. The van der Waals surface area contributed by atoms with Crippen LogP contribution in [0.25, 0.3) is 0 Å². The maximum atomic E-state index is 11.4. The fraction of sp³-hybridized carbons (Fsp3) is 0.556. The highest BCUT2D eigenvalue weighted by Gasteiger charge is 2.49. The van der Waals surface area contributed by atoms with Crippen molar-refractivity contribution in [2.24, 2.45) is 5.41 Å². The average Bonchev–Trinajstić information content (AvgIpc) is 2.48. The summed E-state index contributed by atoms with van der Waals surface area (Å²) in [6, 6.07) is 0. The molecule has 0 spiro atoms. The van der Waals surface area contributed by atoms with E-state index in [-0.39, 0.29) is 5.91 Å². The van der Waals surface area contributed by atoms with Gasteiger partial charge < -0.3 is 10.1 Å². The first-order chi connectivity index (χ1) is 6.17. The third-order valence-electron chi connectivity index (χ3n) is 2.34. The van der Waals surface area contributed by atoms with Crippen LogP contribution in [0.1, 0.15) is 12.8 Å². The molecule has 72 valence electrons. The highest BCUT2D eigenvalue weighted by molar-refractivity contribution is 6.04. The predicted molar refractivity (Wildman–Crippen MR) is 46.9 cm³/mol. The van der Waals surface area contributed by atoms with E-state index in [9.17, 15) is 9.59 Å². The van der Waals surface area contributed by atoms with Crippen molar-refractivity contribution in [2.75, 3.05) is 13.7 Å². The molecule has 13 heavy (non-hydrogen) atoms. The summed E-state index contributed by atoms with van der Waals surface area (Å²) >= 11 is 0. The lowest BCUT2D eigenvalue weighted by Crippen LogP contribution is -2.39. The number of nitrogens with one attached hydrogen (secondary N) is 1. The summed E-state index contributed by atoms with van der Waals surface area (Å²) in [6.07, 6.45) is 2.40. The summed E-state index contributed by atoms with van der Waals surface area (Å²) < 4.78 is 4.61. The molecular formula is C9H13NO3. The van der Waals surface area contributed by atoms with Crippen LogP contribution in [0.3, 0.4) is 0 Å². The van der Waals surface area contributed by atoms with Crippen LogP contribution in [0.4, 0.5) is 0 Å². The van der Waals surface area contributed by atoms with Crippen LogP contribution in [-0.2, 0) is 14.3 Å². The standard InChI is InChI=1S/C9H13NO3/c1-3-4-9(8(12)13-2)5-6-10-7(9)11/h3H,1,4-6H2,2H3,(H,10,11)/t9-/m1/s1. The number of carbonyl (C=O) groups is 2. The highest BCUT2D eigenvalue weighted by atomic mass is 16.5. The Morgan fingerprint density at radius 2 is 2.54 bits per heavy atom. The summed E-state index contributed by atoms with van der Waals surface area (Å²) in [4.78, 5) is 22.8. The molecule has 1 rings (SSSR count). The molecule has 1 fully saturated rings. The number of hydrogen-bond donors (Lipinski definition) is 1. The van der Waals surface area contributed by atoms with Gasteiger partial charge in [0, 0.05) is 6.54 Å². The largest absolute Gasteiger partial charge is 0.468 e. The van der Waals surface area contributed by atoms with Crippen LogP contribution in [-0.4, -0.2) is 25.5 Å². The van der Waals surface area contributed by atoms with E-state index in [1.165, 1.54) is 7.11 Å². The second-order valence-corrected chi connectivity index (χ2v) is 3.07. The Hall–Kier alpha value is -1.32. The Balaban J connectivity index is 2.92. The maximum Gasteiger partial charge on any atom is 0.321 e. The quantitative estimate of drug-likeness (QED) is 0.387. The van der Waals surface area contributed by atoms with Crippen molar-refractivity contribution < 1.29 is 14.3 Å². The fourth-order valence-electron chi connectivity index (χ4n) is 1.59. The molecule has 0 bridgehead atoms. The van der Waals surface area contributed by atoms with Gasteiger partial charge in [-0.3, -0.25) is 9.59 Å². The minimum absolute atomic E-state index is 0.251. The van der Waals surface area contributed by atoms with E-state index in [0.717, 1.165) is 0 Å². The van der Waals surface area contributed by atoms with Gasteiger partial charge in [0.05, 0.1) is 7.11 Å². The summed E-state index contributed by atoms with van der Waals surface area (Å²) in [7, 11) is 1.29. The van der Waals surface area contributed by atoms with E-state index in [0.29, 0.717) is 19.4 Å². The van der Waals surface area contributed by atoms with E-state index in [1.807, 2.05) is 0 Å². The normalized spacial score (nSPS) is 26.7. The lowest BCUT2D eigenvalue weighted by atomic mass is 9.83. The van der Waals surface area contributed by atoms with Crippen molar-refractivity contribution in [1.29, 1.82) is 0 Å². The number of methoxy groups -OCH3 is 1. The zero-order chi connectivity index (χ0) is 9.90. The SMILES string of the molecule is C=CC[C@@]1(C(=O)OC)CCNC1=O. The van der Waals surface area contributed by atoms with Crippen LogP contribution < -0.4 is 5.32 Å². The summed E-state index contributed by atoms with van der Waals surface area (Å²) in [5.41, 5.74) is -1.02. The van der Waals surface area contributed by atoms with E-state index in [4.69, 9.17) is 0 Å². The van der Waals surface area contributed by atoms with Gasteiger partial charge in [0.25, 0.3) is 0 Å². The highest BCUT2D eigenvalue weighted by Crippen LogP contribution is 2.32. The Morgan fingerprint density at radius 3 is 2.92 bits per heavy atom. The molecular weight excluding hydrogens is 170 g/mol. The molecule has 0 saturated carbocycles. The first-order valence-corrected chi connectivity index (χ1v) is 4.15. The minimum Gasteiger partial charge on any atom is -0.468 e. The van der Waals surface area contributed by atoms with Crippen molar-refractivity contribution >= 4 is 11.9 Å². The third-order valence-corrected chi connectivity index (χ3v) is 2.34. The first-order valence-electron chi connectivity index (χ1n) is 4.15. The van der Waals surface area contributed by atoms with Crippen molar-refractivity contribution in [3.8, 4) is 0 Å². The molecule has 0 aliphatic carbocycles. The summed E-state index contributed by atoms with van der Waals surface area (Å²) in [6.45, 7) is 4.06. The van der Waals surface area contributed by atoms with Crippen LogP contribution in [0, 0.1) is 5.41 Å². The first kappa shape index (κ1) is 9.77.